The third kappa shape index (κ3) is 4.54. The van der Waals surface area contributed by atoms with E-state index in [-0.39, 0.29) is 5.91 Å². The fourth-order valence-electron chi connectivity index (χ4n) is 3.35. The number of nitrogens with zero attached hydrogens (tertiary/aromatic N) is 2. The summed E-state index contributed by atoms with van der Waals surface area (Å²) in [4.78, 5) is 17.1. The number of aryl methyl sites for hydroxylation is 1. The van der Waals surface area contributed by atoms with E-state index in [9.17, 15) is 4.79 Å². The Balaban J connectivity index is 1.60. The van der Waals surface area contributed by atoms with Crippen LogP contribution in [0.5, 0.6) is 11.5 Å². The minimum atomic E-state index is -0.439. The zero-order chi connectivity index (χ0) is 19.2. The maximum absolute atomic E-state index is 12.9. The molecule has 0 aliphatic carbocycles. The summed E-state index contributed by atoms with van der Waals surface area (Å²) in [7, 11) is 1.69. The Kier molecular flexibility index (Phi) is 6.22. The van der Waals surface area contributed by atoms with Gasteiger partial charge in [-0.05, 0) is 37.6 Å². The lowest BCUT2D eigenvalue weighted by Gasteiger charge is -2.37. The van der Waals surface area contributed by atoms with Crippen molar-refractivity contribution in [3.8, 4) is 11.5 Å². The number of methoxy groups -OCH3 is 1. The van der Waals surface area contributed by atoms with E-state index < -0.39 is 6.10 Å². The van der Waals surface area contributed by atoms with Gasteiger partial charge in [-0.25, -0.2) is 0 Å². The van der Waals surface area contributed by atoms with Crippen LogP contribution in [0.25, 0.3) is 0 Å². The maximum Gasteiger partial charge on any atom is 0.263 e. The highest BCUT2D eigenvalue weighted by Gasteiger charge is 2.28. The molecule has 0 saturated carbocycles. The van der Waals surface area contributed by atoms with Gasteiger partial charge in [0.15, 0.2) is 6.10 Å². The van der Waals surface area contributed by atoms with Crippen molar-refractivity contribution in [3.05, 3.63) is 54.1 Å². The van der Waals surface area contributed by atoms with Gasteiger partial charge in [-0.15, -0.1) is 0 Å². The van der Waals surface area contributed by atoms with Crippen LogP contribution in [0.4, 0.5) is 5.69 Å². The van der Waals surface area contributed by atoms with Crippen molar-refractivity contribution >= 4 is 11.6 Å². The monoisotopic (exact) mass is 368 g/mol. The van der Waals surface area contributed by atoms with Crippen molar-refractivity contribution in [1.82, 2.24) is 4.90 Å². The van der Waals surface area contributed by atoms with Gasteiger partial charge < -0.3 is 19.3 Å². The molecule has 1 saturated heterocycles. The van der Waals surface area contributed by atoms with Gasteiger partial charge in [0.2, 0.25) is 0 Å². The lowest BCUT2D eigenvalue weighted by atomic mass is 10.2. The molecule has 5 nitrogen and oxygen atoms in total. The van der Waals surface area contributed by atoms with Gasteiger partial charge in [0.05, 0.1) is 12.8 Å². The van der Waals surface area contributed by atoms with Crippen LogP contribution in [0.2, 0.25) is 0 Å². The number of anilines is 1. The number of benzene rings is 2. The minimum Gasteiger partial charge on any atom is -0.495 e. The Morgan fingerprint density at radius 2 is 1.70 bits per heavy atom. The van der Waals surface area contributed by atoms with E-state index in [2.05, 4.69) is 11.0 Å². The third-order valence-corrected chi connectivity index (χ3v) is 4.96. The summed E-state index contributed by atoms with van der Waals surface area (Å²) < 4.78 is 11.4. The Labute approximate surface area is 161 Å². The molecule has 0 radical (unpaired) electrons. The predicted octanol–water partition coefficient (Wildman–Crippen LogP) is 3.51. The molecule has 0 bridgehead atoms. The number of rotatable bonds is 6. The van der Waals surface area contributed by atoms with Crippen molar-refractivity contribution in [2.45, 2.75) is 26.4 Å². The SMILES string of the molecule is CC[C@H](Oc1ccc(C)cc1)C(=O)N1CCN(c2ccccc2OC)CC1. The first-order chi connectivity index (χ1) is 13.1. The number of hydrogen-bond acceptors (Lipinski definition) is 4. The summed E-state index contributed by atoms with van der Waals surface area (Å²) in [6.07, 6.45) is 0.213. The van der Waals surface area contributed by atoms with Gasteiger partial charge in [0.1, 0.15) is 11.5 Å². The number of amides is 1. The van der Waals surface area contributed by atoms with E-state index in [0.717, 1.165) is 30.3 Å². The number of ether oxygens (including phenoxy) is 2. The van der Waals surface area contributed by atoms with E-state index in [0.29, 0.717) is 19.5 Å². The number of para-hydroxylation sites is 2. The van der Waals surface area contributed by atoms with Gasteiger partial charge in [-0.3, -0.25) is 4.79 Å². The molecule has 0 aromatic heterocycles. The average Bonchev–Trinajstić information content (AvgIpc) is 2.73. The Morgan fingerprint density at radius 3 is 2.33 bits per heavy atom. The van der Waals surface area contributed by atoms with Crippen LogP contribution in [0, 0.1) is 6.92 Å². The minimum absolute atomic E-state index is 0.0674. The third-order valence-electron chi connectivity index (χ3n) is 4.96. The number of piperazine rings is 1. The van der Waals surface area contributed by atoms with E-state index in [1.807, 2.05) is 61.2 Å². The van der Waals surface area contributed by atoms with Crippen LogP contribution >= 0.6 is 0 Å². The highest BCUT2D eigenvalue weighted by Crippen LogP contribution is 2.28. The van der Waals surface area contributed by atoms with Crippen LogP contribution in [-0.4, -0.2) is 50.2 Å². The molecule has 5 heteroatoms. The number of carbonyl (C=O) groups excluding carboxylic acids is 1. The Morgan fingerprint density at radius 1 is 1.04 bits per heavy atom. The Bertz CT molecular complexity index is 752. The van der Waals surface area contributed by atoms with Crippen molar-refractivity contribution in [2.24, 2.45) is 0 Å². The molecule has 1 atom stereocenters. The van der Waals surface area contributed by atoms with Crippen LogP contribution in [0.15, 0.2) is 48.5 Å². The van der Waals surface area contributed by atoms with Gasteiger partial charge in [-0.2, -0.15) is 0 Å². The van der Waals surface area contributed by atoms with Crippen LogP contribution in [0.3, 0.4) is 0 Å². The quantitative estimate of drug-likeness (QED) is 0.783. The average molecular weight is 368 g/mol. The topological polar surface area (TPSA) is 42.0 Å². The van der Waals surface area contributed by atoms with Crippen molar-refractivity contribution in [2.75, 3.05) is 38.2 Å². The highest BCUT2D eigenvalue weighted by atomic mass is 16.5. The summed E-state index contributed by atoms with van der Waals surface area (Å²) in [5, 5.41) is 0. The van der Waals surface area contributed by atoms with Crippen LogP contribution in [-0.2, 0) is 4.79 Å². The summed E-state index contributed by atoms with van der Waals surface area (Å²) in [5.41, 5.74) is 2.25. The molecule has 1 amide bonds. The molecule has 144 valence electrons. The molecule has 1 aliphatic rings. The van der Waals surface area contributed by atoms with E-state index in [4.69, 9.17) is 9.47 Å². The molecule has 3 rings (SSSR count). The molecule has 1 fully saturated rings. The molecule has 1 aliphatic heterocycles. The van der Waals surface area contributed by atoms with Crippen LogP contribution < -0.4 is 14.4 Å². The lowest BCUT2D eigenvalue weighted by Crippen LogP contribution is -2.52. The summed E-state index contributed by atoms with van der Waals surface area (Å²) in [6.45, 7) is 6.96. The first-order valence-corrected chi connectivity index (χ1v) is 9.52. The Hall–Kier alpha value is -2.69. The molecule has 1 heterocycles. The second-order valence-corrected chi connectivity index (χ2v) is 6.81. The molecule has 0 spiro atoms. The van der Waals surface area contributed by atoms with Gasteiger partial charge in [0, 0.05) is 26.2 Å². The molecule has 2 aromatic carbocycles. The number of carbonyl (C=O) groups is 1. The normalized spacial score (nSPS) is 15.4. The largest absolute Gasteiger partial charge is 0.495 e. The molecule has 0 N–H and O–H groups in total. The second-order valence-electron chi connectivity index (χ2n) is 6.81. The van der Waals surface area contributed by atoms with E-state index >= 15 is 0 Å². The summed E-state index contributed by atoms with van der Waals surface area (Å²) in [5.74, 6) is 1.68. The fourth-order valence-corrected chi connectivity index (χ4v) is 3.35. The fraction of sp³-hybridized carbons (Fsp3) is 0.409. The van der Waals surface area contributed by atoms with E-state index in [1.54, 1.807) is 7.11 Å². The lowest BCUT2D eigenvalue weighted by molar-refractivity contribution is -0.139. The molecule has 0 unspecified atom stereocenters. The van der Waals surface area contributed by atoms with Gasteiger partial charge >= 0.3 is 0 Å². The summed E-state index contributed by atoms with van der Waals surface area (Å²) in [6, 6.07) is 15.8. The van der Waals surface area contributed by atoms with Crippen LogP contribution in [0.1, 0.15) is 18.9 Å². The molecule has 27 heavy (non-hydrogen) atoms. The highest BCUT2D eigenvalue weighted by molar-refractivity contribution is 5.81. The molecular weight excluding hydrogens is 340 g/mol. The van der Waals surface area contributed by atoms with Gasteiger partial charge in [-0.1, -0.05) is 36.8 Å². The summed E-state index contributed by atoms with van der Waals surface area (Å²) >= 11 is 0. The molecule has 2 aromatic rings. The van der Waals surface area contributed by atoms with Crippen molar-refractivity contribution < 1.29 is 14.3 Å². The smallest absolute Gasteiger partial charge is 0.263 e. The molecular formula is C22H28N2O3. The first-order valence-electron chi connectivity index (χ1n) is 9.52. The van der Waals surface area contributed by atoms with Gasteiger partial charge in [0.25, 0.3) is 5.91 Å². The first kappa shape index (κ1) is 19.1. The maximum atomic E-state index is 12.9. The predicted molar refractivity (Wildman–Crippen MR) is 108 cm³/mol. The number of hydrogen-bond donors (Lipinski definition) is 0. The second kappa shape index (κ2) is 8.80. The van der Waals surface area contributed by atoms with Crippen molar-refractivity contribution in [3.63, 3.8) is 0 Å². The standard InChI is InChI=1S/C22H28N2O3/c1-4-20(27-18-11-9-17(2)10-12-18)22(25)24-15-13-23(14-16-24)19-7-5-6-8-21(19)26-3/h5-12,20H,4,13-16H2,1-3H3/t20-/m0/s1. The zero-order valence-corrected chi connectivity index (χ0v) is 16.4. The van der Waals surface area contributed by atoms with Crippen molar-refractivity contribution in [1.29, 1.82) is 0 Å². The zero-order valence-electron chi connectivity index (χ0n) is 16.4. The van der Waals surface area contributed by atoms with E-state index in [1.165, 1.54) is 5.56 Å².